The quantitative estimate of drug-likeness (QED) is 0.169. The van der Waals surface area contributed by atoms with Crippen molar-refractivity contribution >= 4 is 81.6 Å². The monoisotopic (exact) mass is 811 g/mol. The Balaban J connectivity index is 0.972. The molecule has 0 amide bonds. The van der Waals surface area contributed by atoms with Crippen molar-refractivity contribution in [1.29, 1.82) is 0 Å². The minimum atomic E-state index is 0.911. The van der Waals surface area contributed by atoms with Crippen LogP contribution in [0.1, 0.15) is 0 Å². The third-order valence-electron chi connectivity index (χ3n) is 13.7. The van der Waals surface area contributed by atoms with E-state index < -0.39 is 0 Å². The van der Waals surface area contributed by atoms with Crippen LogP contribution in [0.3, 0.4) is 0 Å². The fraction of sp³-hybridized carbons (Fsp3) is 0. The topological polar surface area (TPSA) is 17.6 Å². The second-order valence-electron chi connectivity index (χ2n) is 17.3. The molecule has 0 bridgehead atoms. The van der Waals surface area contributed by atoms with Crippen LogP contribution in [-0.4, -0.2) is 4.40 Å². The molecular weight excluding hydrogens is 775 g/mol. The van der Waals surface area contributed by atoms with Gasteiger partial charge in [0, 0.05) is 32.3 Å². The third kappa shape index (κ3) is 5.39. The lowest BCUT2D eigenvalue weighted by Crippen LogP contribution is -1.85. The van der Waals surface area contributed by atoms with Gasteiger partial charge in [-0.3, -0.25) is 0 Å². The van der Waals surface area contributed by atoms with Crippen LogP contribution in [0.15, 0.2) is 229 Å². The van der Waals surface area contributed by atoms with E-state index in [1.807, 2.05) is 6.07 Å². The van der Waals surface area contributed by atoms with Crippen LogP contribution < -0.4 is 0 Å². The summed E-state index contributed by atoms with van der Waals surface area (Å²) < 4.78 is 8.79. The maximum Gasteiger partial charge on any atom is 0.135 e. The van der Waals surface area contributed by atoms with Crippen molar-refractivity contribution < 1.29 is 4.42 Å². The van der Waals surface area contributed by atoms with E-state index in [1.54, 1.807) is 0 Å². The van der Waals surface area contributed by atoms with E-state index in [4.69, 9.17) is 4.42 Å². The van der Waals surface area contributed by atoms with Gasteiger partial charge in [-0.1, -0.05) is 158 Å². The van der Waals surface area contributed by atoms with Crippen molar-refractivity contribution in [3.8, 4) is 55.6 Å². The highest BCUT2D eigenvalue weighted by atomic mass is 16.3. The molecule has 0 atom stereocenters. The van der Waals surface area contributed by atoms with Gasteiger partial charge >= 0.3 is 0 Å². The summed E-state index contributed by atoms with van der Waals surface area (Å²) in [5, 5.41) is 12.3. The maximum absolute atomic E-state index is 6.26. The van der Waals surface area contributed by atoms with Crippen molar-refractivity contribution in [2.24, 2.45) is 0 Å². The molecule has 14 rings (SSSR count). The largest absolute Gasteiger partial charge is 0.456 e. The molecule has 3 aromatic heterocycles. The van der Waals surface area contributed by atoms with E-state index in [2.05, 4.69) is 223 Å². The predicted molar refractivity (Wildman–Crippen MR) is 271 cm³/mol. The van der Waals surface area contributed by atoms with Gasteiger partial charge in [0.1, 0.15) is 11.2 Å². The molecule has 2 nitrogen and oxygen atoms in total. The van der Waals surface area contributed by atoms with Gasteiger partial charge in [-0.05, 0) is 144 Å². The molecule has 0 unspecified atom stereocenters. The molecule has 0 aliphatic rings. The SMILES string of the molecule is c1ccc(-c2ccc(-c3ccc4cc5c6cc(-c7ccc8oc9ccccc9c8c7)cc7c8cc9ccc(-c%10ccc(-c%11ccccc%11)cc%10)cc9cc8n(c5cc4c3)c67)cc2)cc1. The lowest BCUT2D eigenvalue weighted by atomic mass is 9.95. The molecule has 0 aliphatic carbocycles. The van der Waals surface area contributed by atoms with Crippen LogP contribution in [0, 0.1) is 0 Å². The Hall–Kier alpha value is -8.46. The van der Waals surface area contributed by atoms with Crippen LogP contribution in [-0.2, 0) is 0 Å². The van der Waals surface area contributed by atoms with Gasteiger partial charge in [-0.15, -0.1) is 0 Å². The average Bonchev–Trinajstić information content (AvgIpc) is 4.01. The van der Waals surface area contributed by atoms with Crippen molar-refractivity contribution in [3.63, 3.8) is 0 Å². The molecule has 0 saturated heterocycles. The Bertz CT molecular complexity index is 3930. The van der Waals surface area contributed by atoms with E-state index in [9.17, 15) is 0 Å². The number of hydrogen-bond acceptors (Lipinski definition) is 1. The molecule has 2 heteroatoms. The summed E-state index contributed by atoms with van der Waals surface area (Å²) in [6.07, 6.45) is 0. The van der Waals surface area contributed by atoms with Crippen LogP contribution in [0.25, 0.3) is 137 Å². The highest BCUT2D eigenvalue weighted by Gasteiger charge is 2.21. The Morgan fingerprint density at radius 2 is 0.641 bits per heavy atom. The zero-order valence-electron chi connectivity index (χ0n) is 34.7. The van der Waals surface area contributed by atoms with Gasteiger partial charge in [0.2, 0.25) is 0 Å². The van der Waals surface area contributed by atoms with Crippen molar-refractivity contribution in [2.45, 2.75) is 0 Å². The van der Waals surface area contributed by atoms with E-state index in [0.29, 0.717) is 0 Å². The Labute approximate surface area is 368 Å². The number of benzene rings is 11. The minimum Gasteiger partial charge on any atom is -0.456 e. The molecule has 14 aromatic rings. The lowest BCUT2D eigenvalue weighted by molar-refractivity contribution is 0.669. The molecule has 0 N–H and O–H groups in total. The number of aromatic nitrogens is 1. The molecule has 0 aliphatic heterocycles. The number of fused-ring (bicyclic) bond motifs is 11. The second-order valence-corrected chi connectivity index (χ2v) is 17.3. The molecule has 3 heterocycles. The summed E-state index contributed by atoms with van der Waals surface area (Å²) in [5.74, 6) is 0. The van der Waals surface area contributed by atoms with E-state index >= 15 is 0 Å². The van der Waals surface area contributed by atoms with Gasteiger partial charge in [0.15, 0.2) is 0 Å². The second kappa shape index (κ2) is 13.5. The van der Waals surface area contributed by atoms with E-state index in [-0.39, 0.29) is 0 Å². The minimum absolute atomic E-state index is 0.911. The summed E-state index contributed by atoms with van der Waals surface area (Å²) in [6, 6.07) is 82.4. The molecule has 0 fully saturated rings. The number of rotatable bonds is 5. The van der Waals surface area contributed by atoms with Crippen LogP contribution >= 0.6 is 0 Å². The molecule has 11 aromatic carbocycles. The first-order chi connectivity index (χ1) is 31.7. The fourth-order valence-corrected chi connectivity index (χ4v) is 10.4. The normalized spacial score (nSPS) is 12.1. The van der Waals surface area contributed by atoms with Gasteiger partial charge in [0.05, 0.1) is 16.6 Å². The fourth-order valence-electron chi connectivity index (χ4n) is 10.4. The van der Waals surface area contributed by atoms with Gasteiger partial charge in [-0.25, -0.2) is 0 Å². The first kappa shape index (κ1) is 35.2. The highest BCUT2D eigenvalue weighted by Crippen LogP contribution is 2.45. The standard InChI is InChI=1S/C62H37NO/c1-3-9-38(10-4-1)40-15-19-42(20-16-40)44-23-25-46-31-53-56-34-51(48-27-28-61-55(33-48)52-13-7-8-14-60(52)64-61)35-57-54-32-47-26-24-45(43-21-17-41(18-22-43)39-11-5-2-6-12-39)30-50(47)37-59(54)63(62(56)57)58(53)36-49(46)29-44/h1-37H. The van der Waals surface area contributed by atoms with Crippen LogP contribution in [0.4, 0.5) is 0 Å². The Kier molecular flexibility index (Phi) is 7.43. The van der Waals surface area contributed by atoms with Gasteiger partial charge < -0.3 is 8.82 Å². The van der Waals surface area contributed by atoms with Gasteiger partial charge in [0.25, 0.3) is 0 Å². The van der Waals surface area contributed by atoms with Crippen LogP contribution in [0.2, 0.25) is 0 Å². The van der Waals surface area contributed by atoms with Gasteiger partial charge in [-0.2, -0.15) is 0 Å². The Morgan fingerprint density at radius 3 is 1.19 bits per heavy atom. The molecule has 64 heavy (non-hydrogen) atoms. The summed E-state index contributed by atoms with van der Waals surface area (Å²) in [4.78, 5) is 0. The Morgan fingerprint density at radius 1 is 0.234 bits per heavy atom. The summed E-state index contributed by atoms with van der Waals surface area (Å²) >= 11 is 0. The molecular formula is C62H37NO. The average molecular weight is 812 g/mol. The van der Waals surface area contributed by atoms with E-state index in [1.165, 1.54) is 115 Å². The van der Waals surface area contributed by atoms with Crippen molar-refractivity contribution in [3.05, 3.63) is 224 Å². The van der Waals surface area contributed by atoms with Crippen LogP contribution in [0.5, 0.6) is 0 Å². The summed E-state index contributed by atoms with van der Waals surface area (Å²) in [6.45, 7) is 0. The highest BCUT2D eigenvalue weighted by molar-refractivity contribution is 6.27. The van der Waals surface area contributed by atoms with Crippen molar-refractivity contribution in [2.75, 3.05) is 0 Å². The number of nitrogens with zero attached hydrogens (tertiary/aromatic N) is 1. The molecule has 0 saturated carbocycles. The maximum atomic E-state index is 6.26. The van der Waals surface area contributed by atoms with E-state index in [0.717, 1.165) is 21.9 Å². The first-order valence-electron chi connectivity index (χ1n) is 22.0. The zero-order valence-corrected chi connectivity index (χ0v) is 34.7. The van der Waals surface area contributed by atoms with Crippen molar-refractivity contribution in [1.82, 2.24) is 4.40 Å². The number of para-hydroxylation sites is 1. The predicted octanol–water partition coefficient (Wildman–Crippen LogP) is 17.4. The number of hydrogen-bond donors (Lipinski definition) is 0. The first-order valence-corrected chi connectivity index (χ1v) is 22.0. The summed E-state index contributed by atoms with van der Waals surface area (Å²) in [5.41, 5.74) is 17.7. The third-order valence-corrected chi connectivity index (χ3v) is 13.7. The molecule has 0 spiro atoms. The zero-order chi connectivity index (χ0) is 41.9. The number of furan rings is 1. The smallest absolute Gasteiger partial charge is 0.135 e. The lowest BCUT2D eigenvalue weighted by Gasteiger charge is -2.09. The molecule has 296 valence electrons. The summed E-state index contributed by atoms with van der Waals surface area (Å²) in [7, 11) is 0. The molecule has 0 radical (unpaired) electrons.